The van der Waals surface area contributed by atoms with Gasteiger partial charge in [-0.2, -0.15) is 0 Å². The van der Waals surface area contributed by atoms with Gasteiger partial charge in [0.25, 0.3) is 0 Å². The Morgan fingerprint density at radius 1 is 1.50 bits per heavy atom. The Morgan fingerprint density at radius 2 is 2.14 bits per heavy atom. The van der Waals surface area contributed by atoms with Crippen molar-refractivity contribution >= 4 is 12.4 Å². The van der Waals surface area contributed by atoms with Gasteiger partial charge in [-0.25, -0.2) is 4.79 Å². The predicted octanol–water partition coefficient (Wildman–Crippen LogP) is 1.19. The second kappa shape index (κ2) is 2.97. The molecule has 4 nitrogen and oxygen atoms in total. The summed E-state index contributed by atoms with van der Waals surface area (Å²) in [6.45, 7) is 4.53. The molecule has 1 aliphatic heterocycles. The van der Waals surface area contributed by atoms with E-state index in [-0.39, 0.29) is 11.5 Å². The number of carbonyl (C=O) groups excluding carboxylic acids is 2. The Labute approximate surface area is 83.2 Å². The standard InChI is InChI=1S/C10H15NO3/c1-10(2)6-11(7-3-4-7)9(13)14-8(10)5-12/h5,7-8H,3-4,6H2,1-2H3. The van der Waals surface area contributed by atoms with Crippen LogP contribution in [0.15, 0.2) is 0 Å². The number of carbonyl (C=O) groups is 2. The molecule has 1 atom stereocenters. The van der Waals surface area contributed by atoms with E-state index in [4.69, 9.17) is 4.74 Å². The van der Waals surface area contributed by atoms with Gasteiger partial charge in [0.1, 0.15) is 0 Å². The Balaban J connectivity index is 2.12. The molecule has 0 spiro atoms. The van der Waals surface area contributed by atoms with E-state index in [1.165, 1.54) is 0 Å². The highest BCUT2D eigenvalue weighted by Gasteiger charge is 2.46. The maximum atomic E-state index is 11.5. The molecule has 1 aliphatic carbocycles. The molecule has 78 valence electrons. The van der Waals surface area contributed by atoms with E-state index in [2.05, 4.69) is 0 Å². The van der Waals surface area contributed by atoms with Crippen LogP contribution in [0.3, 0.4) is 0 Å². The number of hydrogen-bond acceptors (Lipinski definition) is 3. The molecule has 14 heavy (non-hydrogen) atoms. The molecule has 0 bridgehead atoms. The molecule has 1 saturated carbocycles. The first-order valence-electron chi connectivity index (χ1n) is 4.97. The first-order chi connectivity index (χ1) is 6.54. The lowest BCUT2D eigenvalue weighted by atomic mass is 9.85. The minimum atomic E-state index is -0.593. The van der Waals surface area contributed by atoms with Crippen LogP contribution in [0.2, 0.25) is 0 Å². The fraction of sp³-hybridized carbons (Fsp3) is 0.800. The minimum absolute atomic E-state index is 0.266. The lowest BCUT2D eigenvalue weighted by Crippen LogP contribution is -2.54. The van der Waals surface area contributed by atoms with Crippen LogP contribution in [0, 0.1) is 5.41 Å². The monoisotopic (exact) mass is 197 g/mol. The Kier molecular flexibility index (Phi) is 2.01. The molecule has 0 aromatic heterocycles. The van der Waals surface area contributed by atoms with E-state index >= 15 is 0 Å². The van der Waals surface area contributed by atoms with Crippen molar-refractivity contribution in [1.82, 2.24) is 4.90 Å². The van der Waals surface area contributed by atoms with E-state index in [0.717, 1.165) is 19.1 Å². The van der Waals surface area contributed by atoms with Gasteiger partial charge < -0.3 is 9.64 Å². The topological polar surface area (TPSA) is 46.6 Å². The van der Waals surface area contributed by atoms with Gasteiger partial charge in [0, 0.05) is 18.0 Å². The first kappa shape index (κ1) is 9.49. The van der Waals surface area contributed by atoms with E-state index < -0.39 is 6.10 Å². The molecule has 0 aromatic rings. The number of aldehydes is 1. The number of cyclic esters (lactones) is 1. The fourth-order valence-corrected chi connectivity index (χ4v) is 1.81. The second-order valence-electron chi connectivity index (χ2n) is 4.79. The summed E-state index contributed by atoms with van der Waals surface area (Å²) in [7, 11) is 0. The Morgan fingerprint density at radius 3 is 2.64 bits per heavy atom. The third-order valence-electron chi connectivity index (χ3n) is 2.92. The highest BCUT2D eigenvalue weighted by atomic mass is 16.6. The van der Waals surface area contributed by atoms with Crippen LogP contribution in [-0.2, 0) is 9.53 Å². The minimum Gasteiger partial charge on any atom is -0.438 e. The molecule has 2 aliphatic rings. The van der Waals surface area contributed by atoms with Crippen molar-refractivity contribution < 1.29 is 14.3 Å². The van der Waals surface area contributed by atoms with Gasteiger partial charge in [0.05, 0.1) is 0 Å². The number of ether oxygens (including phenoxy) is 1. The maximum Gasteiger partial charge on any atom is 0.410 e. The van der Waals surface area contributed by atoms with E-state index in [1.54, 1.807) is 4.90 Å². The summed E-state index contributed by atoms with van der Waals surface area (Å²) in [5.74, 6) is 0. The molecule has 2 rings (SSSR count). The summed E-state index contributed by atoms with van der Waals surface area (Å²) in [4.78, 5) is 23.9. The van der Waals surface area contributed by atoms with Crippen molar-refractivity contribution in [1.29, 1.82) is 0 Å². The summed E-state index contributed by atoms with van der Waals surface area (Å²) < 4.78 is 5.08. The first-order valence-corrected chi connectivity index (χ1v) is 4.97. The normalized spacial score (nSPS) is 31.1. The Bertz CT molecular complexity index is 271. The lowest BCUT2D eigenvalue weighted by molar-refractivity contribution is -0.127. The van der Waals surface area contributed by atoms with Crippen molar-refractivity contribution in [3.8, 4) is 0 Å². The second-order valence-corrected chi connectivity index (χ2v) is 4.79. The average molecular weight is 197 g/mol. The van der Waals surface area contributed by atoms with Gasteiger partial charge >= 0.3 is 6.09 Å². The molecule has 1 unspecified atom stereocenters. The molecule has 1 amide bonds. The highest BCUT2D eigenvalue weighted by Crippen LogP contribution is 2.36. The van der Waals surface area contributed by atoms with Crippen LogP contribution in [0.4, 0.5) is 4.79 Å². The zero-order chi connectivity index (χ0) is 10.3. The van der Waals surface area contributed by atoms with Crippen molar-refractivity contribution in [2.24, 2.45) is 5.41 Å². The maximum absolute atomic E-state index is 11.5. The molecule has 0 aromatic carbocycles. The van der Waals surface area contributed by atoms with Crippen molar-refractivity contribution in [2.45, 2.75) is 38.8 Å². The van der Waals surface area contributed by atoms with E-state index in [0.29, 0.717) is 12.6 Å². The summed E-state index contributed by atoms with van der Waals surface area (Å²) in [5, 5.41) is 0. The number of rotatable bonds is 2. The molecule has 0 N–H and O–H groups in total. The van der Waals surface area contributed by atoms with E-state index in [1.807, 2.05) is 13.8 Å². The van der Waals surface area contributed by atoms with Crippen molar-refractivity contribution in [3.05, 3.63) is 0 Å². The molecule has 0 radical (unpaired) electrons. The summed E-state index contributed by atoms with van der Waals surface area (Å²) in [5.41, 5.74) is -0.266. The van der Waals surface area contributed by atoms with Gasteiger partial charge in [0.2, 0.25) is 0 Å². The number of amides is 1. The predicted molar refractivity (Wildman–Crippen MR) is 49.8 cm³/mol. The van der Waals surface area contributed by atoms with Gasteiger partial charge in [0.15, 0.2) is 12.4 Å². The third-order valence-corrected chi connectivity index (χ3v) is 2.92. The zero-order valence-corrected chi connectivity index (χ0v) is 8.53. The molecule has 4 heteroatoms. The number of nitrogens with zero attached hydrogens (tertiary/aromatic N) is 1. The Hall–Kier alpha value is -1.06. The van der Waals surface area contributed by atoms with Crippen molar-refractivity contribution in [2.75, 3.05) is 6.54 Å². The summed E-state index contributed by atoms with van der Waals surface area (Å²) in [6, 6.07) is 0.356. The fourth-order valence-electron chi connectivity index (χ4n) is 1.81. The molecule has 1 heterocycles. The van der Waals surface area contributed by atoms with Gasteiger partial charge in [-0.15, -0.1) is 0 Å². The van der Waals surface area contributed by atoms with Gasteiger partial charge in [-0.05, 0) is 12.8 Å². The van der Waals surface area contributed by atoms with Crippen LogP contribution in [0.25, 0.3) is 0 Å². The summed E-state index contributed by atoms with van der Waals surface area (Å²) in [6.07, 6.45) is 1.93. The highest BCUT2D eigenvalue weighted by molar-refractivity contribution is 5.74. The van der Waals surface area contributed by atoms with Crippen LogP contribution in [0.1, 0.15) is 26.7 Å². The van der Waals surface area contributed by atoms with Gasteiger partial charge in [-0.3, -0.25) is 4.79 Å². The SMILES string of the molecule is CC1(C)CN(C2CC2)C(=O)OC1C=O. The van der Waals surface area contributed by atoms with Crippen LogP contribution in [-0.4, -0.2) is 36.0 Å². The van der Waals surface area contributed by atoms with E-state index in [9.17, 15) is 9.59 Å². The quantitative estimate of drug-likeness (QED) is 0.625. The molecule has 1 saturated heterocycles. The largest absolute Gasteiger partial charge is 0.438 e. The van der Waals surface area contributed by atoms with Crippen LogP contribution >= 0.6 is 0 Å². The van der Waals surface area contributed by atoms with Crippen molar-refractivity contribution in [3.63, 3.8) is 0 Å². The lowest BCUT2D eigenvalue weighted by Gasteiger charge is -2.41. The average Bonchev–Trinajstić information content (AvgIpc) is 2.91. The molecular formula is C10H15NO3. The number of hydrogen-bond donors (Lipinski definition) is 0. The molecule has 2 fully saturated rings. The van der Waals surface area contributed by atoms with Crippen LogP contribution in [0.5, 0.6) is 0 Å². The smallest absolute Gasteiger partial charge is 0.410 e. The zero-order valence-electron chi connectivity index (χ0n) is 8.53. The summed E-state index contributed by atoms with van der Waals surface area (Å²) >= 11 is 0. The molecular weight excluding hydrogens is 182 g/mol. The third kappa shape index (κ3) is 1.49. The van der Waals surface area contributed by atoms with Gasteiger partial charge in [-0.1, -0.05) is 13.8 Å². The van der Waals surface area contributed by atoms with Crippen LogP contribution < -0.4 is 0 Å².